The molecule has 0 spiro atoms. The molecule has 1 aromatic heterocycles. The molecular formula is C13H9N3O4. The van der Waals surface area contributed by atoms with Crippen LogP contribution in [0.1, 0.15) is 15.9 Å². The van der Waals surface area contributed by atoms with E-state index in [1.54, 1.807) is 24.5 Å². The van der Waals surface area contributed by atoms with Gasteiger partial charge in [-0.15, -0.1) is 0 Å². The van der Waals surface area contributed by atoms with E-state index in [-0.39, 0.29) is 11.3 Å². The third-order valence-corrected chi connectivity index (χ3v) is 2.36. The van der Waals surface area contributed by atoms with Gasteiger partial charge in [0, 0.05) is 24.5 Å². The Morgan fingerprint density at radius 1 is 1.20 bits per heavy atom. The van der Waals surface area contributed by atoms with Crippen molar-refractivity contribution >= 4 is 17.9 Å². The number of non-ortho nitro benzene ring substituents is 1. The predicted molar refractivity (Wildman–Crippen MR) is 70.3 cm³/mol. The van der Waals surface area contributed by atoms with Gasteiger partial charge >= 0.3 is 5.97 Å². The zero-order chi connectivity index (χ0) is 14.4. The van der Waals surface area contributed by atoms with E-state index in [1.807, 2.05) is 0 Å². The largest absolute Gasteiger partial charge is 0.365 e. The molecule has 0 aliphatic carbocycles. The molecule has 100 valence electrons. The van der Waals surface area contributed by atoms with Crippen LogP contribution in [-0.4, -0.2) is 22.1 Å². The van der Waals surface area contributed by atoms with Crippen LogP contribution < -0.4 is 0 Å². The summed E-state index contributed by atoms with van der Waals surface area (Å²) < 4.78 is 0. The minimum absolute atomic E-state index is 0.0955. The average Bonchev–Trinajstić information content (AvgIpc) is 2.48. The smallest absolute Gasteiger partial charge is 0.313 e. The summed E-state index contributed by atoms with van der Waals surface area (Å²) >= 11 is 0. The van der Waals surface area contributed by atoms with Gasteiger partial charge in [0.2, 0.25) is 0 Å². The molecule has 20 heavy (non-hydrogen) atoms. The van der Waals surface area contributed by atoms with E-state index in [9.17, 15) is 14.9 Å². The molecule has 0 aliphatic rings. The number of oxime groups is 1. The van der Waals surface area contributed by atoms with Gasteiger partial charge in [-0.2, -0.15) is 0 Å². The number of hydrogen-bond acceptors (Lipinski definition) is 6. The van der Waals surface area contributed by atoms with E-state index in [2.05, 4.69) is 15.0 Å². The number of rotatable bonds is 4. The van der Waals surface area contributed by atoms with Crippen LogP contribution in [0.15, 0.2) is 53.9 Å². The summed E-state index contributed by atoms with van der Waals surface area (Å²) in [6.45, 7) is 0. The highest BCUT2D eigenvalue weighted by atomic mass is 16.7. The third kappa shape index (κ3) is 3.45. The Kier molecular flexibility index (Phi) is 4.13. The van der Waals surface area contributed by atoms with Crippen LogP contribution >= 0.6 is 0 Å². The number of nitrogens with zero attached hydrogens (tertiary/aromatic N) is 3. The number of pyridine rings is 1. The molecule has 0 bridgehead atoms. The van der Waals surface area contributed by atoms with Crippen molar-refractivity contribution in [1.82, 2.24) is 4.98 Å². The van der Waals surface area contributed by atoms with Crippen molar-refractivity contribution in [2.75, 3.05) is 0 Å². The quantitative estimate of drug-likeness (QED) is 0.367. The van der Waals surface area contributed by atoms with E-state index in [0.717, 1.165) is 5.56 Å². The van der Waals surface area contributed by atoms with Crippen molar-refractivity contribution in [2.24, 2.45) is 5.16 Å². The molecule has 0 radical (unpaired) electrons. The van der Waals surface area contributed by atoms with Gasteiger partial charge in [0.1, 0.15) is 0 Å². The van der Waals surface area contributed by atoms with Gasteiger partial charge in [0.15, 0.2) is 0 Å². The van der Waals surface area contributed by atoms with Crippen LogP contribution in [0.3, 0.4) is 0 Å². The Morgan fingerprint density at radius 2 is 1.85 bits per heavy atom. The molecule has 0 amide bonds. The summed E-state index contributed by atoms with van der Waals surface area (Å²) in [5.74, 6) is -0.690. The summed E-state index contributed by atoms with van der Waals surface area (Å²) in [4.78, 5) is 30.0. The first kappa shape index (κ1) is 13.3. The predicted octanol–water partition coefficient (Wildman–Crippen LogP) is 2.18. The number of hydrogen-bond donors (Lipinski definition) is 0. The summed E-state index contributed by atoms with van der Waals surface area (Å²) in [5, 5.41) is 14.0. The maximum atomic E-state index is 11.6. The molecule has 0 unspecified atom stereocenters. The second kappa shape index (κ2) is 6.19. The average molecular weight is 271 g/mol. The Morgan fingerprint density at radius 3 is 2.45 bits per heavy atom. The van der Waals surface area contributed by atoms with E-state index in [1.165, 1.54) is 30.5 Å². The fraction of sp³-hybridized carbons (Fsp3) is 0. The Labute approximate surface area is 113 Å². The lowest BCUT2D eigenvalue weighted by molar-refractivity contribution is -0.384. The van der Waals surface area contributed by atoms with Crippen LogP contribution in [-0.2, 0) is 4.84 Å². The lowest BCUT2D eigenvalue weighted by Crippen LogP contribution is -2.01. The number of nitro benzene ring substituents is 1. The van der Waals surface area contributed by atoms with E-state index in [4.69, 9.17) is 0 Å². The highest BCUT2D eigenvalue weighted by Crippen LogP contribution is 2.12. The molecule has 0 atom stereocenters. The highest BCUT2D eigenvalue weighted by Gasteiger charge is 2.10. The van der Waals surface area contributed by atoms with Crippen molar-refractivity contribution in [3.8, 4) is 0 Å². The third-order valence-electron chi connectivity index (χ3n) is 2.36. The number of aromatic nitrogens is 1. The molecular weight excluding hydrogens is 262 g/mol. The Bertz CT molecular complexity index is 638. The molecule has 2 aromatic rings. The van der Waals surface area contributed by atoms with Gasteiger partial charge in [0.05, 0.1) is 16.7 Å². The van der Waals surface area contributed by atoms with Crippen molar-refractivity contribution in [3.63, 3.8) is 0 Å². The second-order valence-electron chi connectivity index (χ2n) is 3.70. The minimum Gasteiger partial charge on any atom is -0.313 e. The first-order valence-corrected chi connectivity index (χ1v) is 5.56. The molecule has 7 heteroatoms. The van der Waals surface area contributed by atoms with Crippen molar-refractivity contribution in [1.29, 1.82) is 0 Å². The molecule has 0 saturated heterocycles. The topological polar surface area (TPSA) is 94.7 Å². The van der Waals surface area contributed by atoms with Crippen molar-refractivity contribution in [3.05, 3.63) is 70.0 Å². The highest BCUT2D eigenvalue weighted by molar-refractivity contribution is 5.90. The number of nitro groups is 1. The van der Waals surface area contributed by atoms with Gasteiger partial charge in [0.25, 0.3) is 5.69 Å². The van der Waals surface area contributed by atoms with Gasteiger partial charge in [-0.1, -0.05) is 5.16 Å². The van der Waals surface area contributed by atoms with Crippen LogP contribution in [0.2, 0.25) is 0 Å². The minimum atomic E-state index is -0.690. The van der Waals surface area contributed by atoms with E-state index < -0.39 is 10.9 Å². The molecule has 0 N–H and O–H groups in total. The van der Waals surface area contributed by atoms with Crippen LogP contribution in [0.4, 0.5) is 5.69 Å². The van der Waals surface area contributed by atoms with E-state index in [0.29, 0.717) is 0 Å². The normalized spacial score (nSPS) is 10.4. The summed E-state index contributed by atoms with van der Waals surface area (Å²) in [6, 6.07) is 8.46. The molecule has 0 saturated carbocycles. The zero-order valence-corrected chi connectivity index (χ0v) is 10.2. The van der Waals surface area contributed by atoms with Gasteiger partial charge in [-0.3, -0.25) is 15.1 Å². The molecule has 0 aliphatic heterocycles. The number of carbonyl (C=O) groups excluding carboxylic acids is 1. The molecule has 1 heterocycles. The number of benzene rings is 1. The van der Waals surface area contributed by atoms with E-state index >= 15 is 0 Å². The molecule has 0 fully saturated rings. The Balaban J connectivity index is 1.98. The standard InChI is InChI=1S/C13H9N3O4/c17-13(11-1-3-12(4-2-11)16(18)19)20-15-9-10-5-7-14-8-6-10/h1-9H/b15-9+. The monoisotopic (exact) mass is 271 g/mol. The van der Waals surface area contributed by atoms with Crippen LogP contribution in [0, 0.1) is 10.1 Å². The fourth-order valence-electron chi connectivity index (χ4n) is 1.36. The van der Waals surface area contributed by atoms with Crippen molar-refractivity contribution < 1.29 is 14.6 Å². The molecule has 1 aromatic carbocycles. The first-order chi connectivity index (χ1) is 9.66. The van der Waals surface area contributed by atoms with Gasteiger partial charge in [-0.25, -0.2) is 4.79 Å². The van der Waals surface area contributed by atoms with Crippen LogP contribution in [0.25, 0.3) is 0 Å². The SMILES string of the molecule is O=C(O/N=C/c1ccncc1)c1ccc([N+](=O)[O-])cc1. The fourth-order valence-corrected chi connectivity index (χ4v) is 1.36. The zero-order valence-electron chi connectivity index (χ0n) is 10.2. The van der Waals surface area contributed by atoms with Gasteiger partial charge < -0.3 is 4.84 Å². The maximum absolute atomic E-state index is 11.6. The summed E-state index contributed by atoms with van der Waals surface area (Å²) in [5.41, 5.74) is 0.820. The molecule has 7 nitrogen and oxygen atoms in total. The lowest BCUT2D eigenvalue weighted by atomic mass is 10.2. The summed E-state index contributed by atoms with van der Waals surface area (Å²) in [6.07, 6.45) is 4.53. The lowest BCUT2D eigenvalue weighted by Gasteiger charge is -1.97. The number of carbonyl (C=O) groups is 1. The first-order valence-electron chi connectivity index (χ1n) is 5.56. The maximum Gasteiger partial charge on any atom is 0.365 e. The van der Waals surface area contributed by atoms with Crippen molar-refractivity contribution in [2.45, 2.75) is 0 Å². The summed E-state index contributed by atoms with van der Waals surface area (Å²) in [7, 11) is 0. The Hall–Kier alpha value is -3.09. The molecule has 2 rings (SSSR count). The second-order valence-corrected chi connectivity index (χ2v) is 3.70. The van der Waals surface area contributed by atoms with Crippen LogP contribution in [0.5, 0.6) is 0 Å². The van der Waals surface area contributed by atoms with Gasteiger partial charge in [-0.05, 0) is 29.8 Å².